The van der Waals surface area contributed by atoms with E-state index in [0.717, 1.165) is 102 Å². The van der Waals surface area contributed by atoms with E-state index in [2.05, 4.69) is 205 Å². The van der Waals surface area contributed by atoms with E-state index in [0.29, 0.717) is 13.2 Å². The molecule has 0 unspecified atom stereocenters. The second-order valence-corrected chi connectivity index (χ2v) is 19.3. The first-order valence-corrected chi connectivity index (χ1v) is 23.1. The van der Waals surface area contributed by atoms with Gasteiger partial charge in [-0.3, -0.25) is 0 Å². The van der Waals surface area contributed by atoms with Gasteiger partial charge in [0.05, 0.1) is 27.2 Å². The predicted molar refractivity (Wildman–Crippen MR) is 256 cm³/mol. The van der Waals surface area contributed by atoms with E-state index in [9.17, 15) is 0 Å². The molecule has 2 N–H and O–H groups in total. The summed E-state index contributed by atoms with van der Waals surface area (Å²) in [4.78, 5) is 0. The molecule has 0 heterocycles. The summed E-state index contributed by atoms with van der Waals surface area (Å²) in [7, 11) is 4.41. The molecule has 2 aliphatic rings. The number of aliphatic hydroxyl groups excluding tert-OH is 2. The summed E-state index contributed by atoms with van der Waals surface area (Å²) in [6, 6.07) is 43.5. The number of aliphatic hydroxyl groups is 2. The topological polar surface area (TPSA) is 40.5 Å². The molecule has 2 saturated carbocycles. The molecule has 0 amide bonds. The zero-order chi connectivity index (χ0) is 42.9. The van der Waals surface area contributed by atoms with Gasteiger partial charge in [-0.1, -0.05) is 191 Å². The summed E-state index contributed by atoms with van der Waals surface area (Å²) >= 11 is 0. The van der Waals surface area contributed by atoms with E-state index in [-0.39, 0.29) is 31.1 Å². The third-order valence-corrected chi connectivity index (χ3v) is 15.8. The molecule has 322 valence electrons. The van der Waals surface area contributed by atoms with Crippen molar-refractivity contribution in [3.05, 3.63) is 121 Å². The molecular formula is C54H84BNO2U+2. The zero-order valence-electron chi connectivity index (χ0n) is 39.4. The summed E-state index contributed by atoms with van der Waals surface area (Å²) in [6.07, 6.45) is 2.77. The first kappa shape index (κ1) is 53.0. The third-order valence-electron chi connectivity index (χ3n) is 15.8. The van der Waals surface area contributed by atoms with Crippen LogP contribution in [0.5, 0.6) is 0 Å². The molecule has 0 aromatic heterocycles. The van der Waals surface area contributed by atoms with Crippen LogP contribution in [0, 0.1) is 90.3 Å². The molecule has 59 heavy (non-hydrogen) atoms. The maximum atomic E-state index is 8.64. The Morgan fingerprint density at radius 2 is 0.542 bits per heavy atom. The SMILES string of the molecule is CC1C(C)C(C)C(C)C1C.CC1C(C)C(C)C(C)C1C.C[N+](C)(CCCCO)CCCCO.[U+2].c1ccc([B-](c2ccccc2)(c2ccccc2)c2ccccc2)cc1. The van der Waals surface area contributed by atoms with Crippen molar-refractivity contribution in [2.45, 2.75) is 94.9 Å². The molecule has 4 aromatic carbocycles. The normalized spacial score (nSPS) is 26.2. The molecule has 2 fully saturated rings. The number of hydrogen-bond acceptors (Lipinski definition) is 2. The molecule has 2 aliphatic carbocycles. The minimum Gasteiger partial charge on any atom is -0.396 e. The summed E-state index contributed by atoms with van der Waals surface area (Å²) in [6.45, 7) is 26.8. The molecular weight excluding hydrogens is 943 g/mol. The monoisotopic (exact) mass is 1030 g/mol. The van der Waals surface area contributed by atoms with Crippen molar-refractivity contribution in [3.8, 4) is 0 Å². The summed E-state index contributed by atoms with van der Waals surface area (Å²) < 4.78 is 1.00. The standard InChI is InChI=1S/C24H20B.C10H24NO2.2C10H20.U/c1-5-13-21(14-6-1)25(22-15-7-2-8-16-22,23-17-9-3-10-18-23)24-19-11-4-12-20-24;1-11(2,7-3-5-9-12)8-4-6-10-13;2*1-6-7(2)9(4)10(5)8(6)3;/h1-20H;12-13H,3-10H2,1-2H3;2*6-10H,1-5H3;/q-1;+1;;;+2. The van der Waals surface area contributed by atoms with Crippen LogP contribution in [-0.4, -0.2) is 61.2 Å². The van der Waals surface area contributed by atoms with Crippen molar-refractivity contribution in [1.29, 1.82) is 0 Å². The van der Waals surface area contributed by atoms with Crippen molar-refractivity contribution in [1.82, 2.24) is 0 Å². The minimum atomic E-state index is -1.22. The Bertz CT molecular complexity index is 1360. The summed E-state index contributed by atoms with van der Waals surface area (Å²) in [5.74, 6) is 9.35. The van der Waals surface area contributed by atoms with Gasteiger partial charge in [0.1, 0.15) is 6.15 Å². The Morgan fingerprint density at radius 1 is 0.356 bits per heavy atom. The van der Waals surface area contributed by atoms with Crippen LogP contribution in [0.25, 0.3) is 0 Å². The quantitative estimate of drug-likeness (QED) is 0.0844. The molecule has 6 rings (SSSR count). The Labute approximate surface area is 387 Å². The van der Waals surface area contributed by atoms with Gasteiger partial charge in [-0.05, 0) is 84.9 Å². The van der Waals surface area contributed by atoms with Gasteiger partial charge in [-0.25, -0.2) is 0 Å². The first-order valence-electron chi connectivity index (χ1n) is 23.1. The van der Waals surface area contributed by atoms with E-state index in [1.165, 1.54) is 21.9 Å². The van der Waals surface area contributed by atoms with Gasteiger partial charge in [0, 0.05) is 13.2 Å². The second-order valence-electron chi connectivity index (χ2n) is 19.3. The van der Waals surface area contributed by atoms with Crippen molar-refractivity contribution in [2.24, 2.45) is 59.2 Å². The fourth-order valence-corrected chi connectivity index (χ4v) is 10.3. The molecule has 4 aromatic rings. The van der Waals surface area contributed by atoms with Crippen LogP contribution in [-0.2, 0) is 0 Å². The summed E-state index contributed by atoms with van der Waals surface area (Å²) in [5, 5.41) is 17.3. The van der Waals surface area contributed by atoms with Crippen LogP contribution >= 0.6 is 0 Å². The Balaban J connectivity index is 0.000000299. The van der Waals surface area contributed by atoms with Gasteiger partial charge in [-0.2, -0.15) is 21.9 Å². The maximum absolute atomic E-state index is 8.64. The molecule has 3 nitrogen and oxygen atoms in total. The number of rotatable bonds is 12. The van der Waals surface area contributed by atoms with Crippen molar-refractivity contribution in [3.63, 3.8) is 0 Å². The summed E-state index contributed by atoms with van der Waals surface area (Å²) in [5.41, 5.74) is 5.36. The number of quaternary nitrogens is 1. The smallest absolute Gasteiger partial charge is 0.396 e. The largest absolute Gasteiger partial charge is 2.00 e. The van der Waals surface area contributed by atoms with E-state index < -0.39 is 6.15 Å². The van der Waals surface area contributed by atoms with E-state index in [4.69, 9.17) is 10.2 Å². The molecule has 0 bridgehead atoms. The van der Waals surface area contributed by atoms with Crippen molar-refractivity contribution in [2.75, 3.05) is 40.4 Å². The third kappa shape index (κ3) is 14.5. The van der Waals surface area contributed by atoms with Gasteiger partial charge in [0.2, 0.25) is 0 Å². The first-order chi connectivity index (χ1) is 27.6. The second kappa shape index (κ2) is 26.4. The average Bonchev–Trinajstić information content (AvgIpc) is 3.52. The number of hydrogen-bond donors (Lipinski definition) is 2. The number of unbranched alkanes of at least 4 members (excludes halogenated alkanes) is 2. The Morgan fingerprint density at radius 3 is 0.712 bits per heavy atom. The van der Waals surface area contributed by atoms with E-state index in [1.807, 2.05) is 0 Å². The van der Waals surface area contributed by atoms with Crippen LogP contribution in [0.3, 0.4) is 0 Å². The average molecular weight is 1030 g/mol. The van der Waals surface area contributed by atoms with Crippen LogP contribution in [0.1, 0.15) is 94.9 Å². The minimum absolute atomic E-state index is 0. The molecule has 0 radical (unpaired) electrons. The number of benzene rings is 4. The fourth-order valence-electron chi connectivity index (χ4n) is 10.3. The number of nitrogens with zero attached hydrogens (tertiary/aromatic N) is 1. The molecule has 0 atom stereocenters. The Kier molecular flexibility index (Phi) is 23.7. The zero-order valence-corrected chi connectivity index (χ0v) is 43.6. The fraction of sp³-hybridized carbons (Fsp3) is 0.556. The molecule has 0 spiro atoms. The molecule has 0 aliphatic heterocycles. The van der Waals surface area contributed by atoms with Gasteiger partial charge in [0.15, 0.2) is 0 Å². The molecule has 5 heteroatoms. The van der Waals surface area contributed by atoms with E-state index >= 15 is 0 Å². The Hall–Kier alpha value is -2.12. The van der Waals surface area contributed by atoms with Crippen LogP contribution in [0.2, 0.25) is 0 Å². The van der Waals surface area contributed by atoms with Gasteiger partial charge >= 0.3 is 31.1 Å². The van der Waals surface area contributed by atoms with Gasteiger partial charge < -0.3 is 14.7 Å². The van der Waals surface area contributed by atoms with Crippen LogP contribution in [0.15, 0.2) is 121 Å². The van der Waals surface area contributed by atoms with Gasteiger partial charge in [-0.15, -0.1) is 0 Å². The maximum Gasteiger partial charge on any atom is 2.00 e. The van der Waals surface area contributed by atoms with Gasteiger partial charge in [0.25, 0.3) is 0 Å². The van der Waals surface area contributed by atoms with E-state index in [1.54, 1.807) is 0 Å². The molecule has 0 saturated heterocycles. The van der Waals surface area contributed by atoms with Crippen LogP contribution < -0.4 is 21.9 Å². The van der Waals surface area contributed by atoms with Crippen molar-refractivity contribution < 1.29 is 45.8 Å². The van der Waals surface area contributed by atoms with Crippen molar-refractivity contribution >= 4 is 28.0 Å². The van der Waals surface area contributed by atoms with Crippen LogP contribution in [0.4, 0.5) is 0 Å². The predicted octanol–water partition coefficient (Wildman–Crippen LogP) is 10.0.